The molecule has 4 nitrogen and oxygen atoms in total. The number of hydroxylamine groups is 1. The summed E-state index contributed by atoms with van der Waals surface area (Å²) in [6, 6.07) is 12.0. The Balaban J connectivity index is 1.95. The maximum Gasteiger partial charge on any atom is 0.0813 e. The van der Waals surface area contributed by atoms with Crippen LogP contribution in [0, 0.1) is 0 Å². The summed E-state index contributed by atoms with van der Waals surface area (Å²) in [7, 11) is 0. The monoisotopic (exact) mass is 245 g/mol. The van der Waals surface area contributed by atoms with Crippen molar-refractivity contribution < 1.29 is 4.84 Å². The van der Waals surface area contributed by atoms with Crippen LogP contribution in [-0.2, 0) is 11.4 Å². The molecule has 1 aromatic heterocycles. The minimum Gasteiger partial charge on any atom is -0.296 e. The van der Waals surface area contributed by atoms with Crippen LogP contribution in [0.4, 0.5) is 0 Å². The minimum absolute atomic E-state index is 0.192. The molecule has 0 aliphatic heterocycles. The van der Waals surface area contributed by atoms with E-state index in [4.69, 9.17) is 4.84 Å². The lowest BCUT2D eigenvalue weighted by atomic mass is 10.2. The van der Waals surface area contributed by atoms with Crippen LogP contribution in [0.15, 0.2) is 42.6 Å². The van der Waals surface area contributed by atoms with Crippen LogP contribution in [0.25, 0.3) is 5.69 Å². The molecule has 18 heavy (non-hydrogen) atoms. The molecule has 0 radical (unpaired) electrons. The van der Waals surface area contributed by atoms with E-state index in [0.29, 0.717) is 6.54 Å². The average molecular weight is 245 g/mol. The number of hydrogen-bond acceptors (Lipinski definition) is 3. The lowest BCUT2D eigenvalue weighted by molar-refractivity contribution is -0.0761. The zero-order chi connectivity index (χ0) is 13.0. The number of nitrogens with zero attached hydrogens (tertiary/aromatic N) is 2. The maximum absolute atomic E-state index is 5.45. The highest BCUT2D eigenvalue weighted by atomic mass is 16.7. The number of hydrogen-bond donors (Lipinski definition) is 1. The molecule has 1 N–H and O–H groups in total. The van der Waals surface area contributed by atoms with Crippen molar-refractivity contribution in [1.82, 2.24) is 15.3 Å². The van der Waals surface area contributed by atoms with Gasteiger partial charge in [-0.2, -0.15) is 10.6 Å². The summed E-state index contributed by atoms with van der Waals surface area (Å²) in [5.74, 6) is 0. The summed E-state index contributed by atoms with van der Waals surface area (Å²) < 4.78 is 1.86. The second-order valence-electron chi connectivity index (χ2n) is 5.12. The first-order valence-corrected chi connectivity index (χ1v) is 6.05. The van der Waals surface area contributed by atoms with Gasteiger partial charge in [0.1, 0.15) is 0 Å². The van der Waals surface area contributed by atoms with Crippen LogP contribution >= 0.6 is 0 Å². The van der Waals surface area contributed by atoms with Crippen LogP contribution < -0.4 is 5.48 Å². The molecule has 2 aromatic rings. The first-order valence-electron chi connectivity index (χ1n) is 6.05. The molecule has 0 bridgehead atoms. The zero-order valence-corrected chi connectivity index (χ0v) is 11.1. The Morgan fingerprint density at radius 3 is 2.56 bits per heavy atom. The van der Waals surface area contributed by atoms with Gasteiger partial charge in [0.25, 0.3) is 0 Å². The number of aromatic nitrogens is 2. The van der Waals surface area contributed by atoms with Crippen molar-refractivity contribution in [3.8, 4) is 5.69 Å². The molecule has 0 aliphatic rings. The maximum atomic E-state index is 5.45. The van der Waals surface area contributed by atoms with Gasteiger partial charge in [0.15, 0.2) is 0 Å². The van der Waals surface area contributed by atoms with Crippen LogP contribution in [0.5, 0.6) is 0 Å². The van der Waals surface area contributed by atoms with E-state index in [0.717, 1.165) is 11.4 Å². The van der Waals surface area contributed by atoms with E-state index in [9.17, 15) is 0 Å². The van der Waals surface area contributed by atoms with Gasteiger partial charge < -0.3 is 0 Å². The second kappa shape index (κ2) is 5.33. The molecular formula is C14H19N3O. The molecule has 2 rings (SSSR count). The van der Waals surface area contributed by atoms with Crippen molar-refractivity contribution in [1.29, 1.82) is 0 Å². The van der Waals surface area contributed by atoms with Crippen molar-refractivity contribution in [2.45, 2.75) is 32.9 Å². The molecule has 0 atom stereocenters. The molecule has 0 spiro atoms. The van der Waals surface area contributed by atoms with Gasteiger partial charge in [-0.05, 0) is 39.0 Å². The van der Waals surface area contributed by atoms with E-state index >= 15 is 0 Å². The summed E-state index contributed by atoms with van der Waals surface area (Å²) in [5.41, 5.74) is 4.74. The van der Waals surface area contributed by atoms with Crippen LogP contribution in [0.1, 0.15) is 26.5 Å². The van der Waals surface area contributed by atoms with Gasteiger partial charge in [-0.15, -0.1) is 0 Å². The Labute approximate surface area is 108 Å². The van der Waals surface area contributed by atoms with Crippen molar-refractivity contribution in [3.63, 3.8) is 0 Å². The fourth-order valence-corrected chi connectivity index (χ4v) is 1.51. The molecule has 96 valence electrons. The van der Waals surface area contributed by atoms with E-state index < -0.39 is 0 Å². The van der Waals surface area contributed by atoms with Crippen molar-refractivity contribution in [2.75, 3.05) is 0 Å². The van der Waals surface area contributed by atoms with E-state index in [2.05, 4.69) is 10.6 Å². The van der Waals surface area contributed by atoms with E-state index in [-0.39, 0.29) is 5.60 Å². The smallest absolute Gasteiger partial charge is 0.0813 e. The average Bonchev–Trinajstić information content (AvgIpc) is 2.77. The molecule has 0 fully saturated rings. The lowest BCUT2D eigenvalue weighted by Gasteiger charge is -2.18. The standard InChI is InChI=1S/C14H19N3O/c1-14(2,3)18-15-11-12-9-10-17(16-12)13-7-5-4-6-8-13/h4-10,15H,11H2,1-3H3. The molecule has 1 aromatic carbocycles. The zero-order valence-electron chi connectivity index (χ0n) is 11.1. The number of para-hydroxylation sites is 1. The van der Waals surface area contributed by atoms with Crippen molar-refractivity contribution in [2.24, 2.45) is 0 Å². The fourth-order valence-electron chi connectivity index (χ4n) is 1.51. The third-order valence-corrected chi connectivity index (χ3v) is 2.30. The molecule has 0 unspecified atom stereocenters. The van der Waals surface area contributed by atoms with Gasteiger partial charge >= 0.3 is 0 Å². The highest BCUT2D eigenvalue weighted by molar-refractivity contribution is 5.30. The van der Waals surface area contributed by atoms with E-state index in [1.165, 1.54) is 0 Å². The Hall–Kier alpha value is -1.65. The van der Waals surface area contributed by atoms with Gasteiger partial charge in [0, 0.05) is 6.20 Å². The fraction of sp³-hybridized carbons (Fsp3) is 0.357. The summed E-state index contributed by atoms with van der Waals surface area (Å²) in [6.45, 7) is 6.60. The van der Waals surface area contributed by atoms with Gasteiger partial charge in [-0.25, -0.2) is 4.68 Å². The molecular weight excluding hydrogens is 226 g/mol. The van der Waals surface area contributed by atoms with Crippen molar-refractivity contribution in [3.05, 3.63) is 48.3 Å². The molecule has 0 saturated heterocycles. The van der Waals surface area contributed by atoms with E-state index in [1.807, 2.05) is 68.0 Å². The SMILES string of the molecule is CC(C)(C)ONCc1ccn(-c2ccccc2)n1. The summed E-state index contributed by atoms with van der Waals surface area (Å²) in [5, 5.41) is 4.47. The predicted molar refractivity (Wildman–Crippen MR) is 71.2 cm³/mol. The summed E-state index contributed by atoms with van der Waals surface area (Å²) in [6.07, 6.45) is 1.95. The Kier molecular flexibility index (Phi) is 3.79. The Bertz CT molecular complexity index is 485. The Morgan fingerprint density at radius 2 is 1.89 bits per heavy atom. The highest BCUT2D eigenvalue weighted by Gasteiger charge is 2.10. The Morgan fingerprint density at radius 1 is 1.17 bits per heavy atom. The second-order valence-corrected chi connectivity index (χ2v) is 5.12. The first-order chi connectivity index (χ1) is 8.54. The normalized spacial score (nSPS) is 11.7. The quantitative estimate of drug-likeness (QED) is 0.842. The van der Waals surface area contributed by atoms with Gasteiger partial charge in [-0.1, -0.05) is 18.2 Å². The summed E-state index contributed by atoms with van der Waals surface area (Å²) >= 11 is 0. The number of rotatable bonds is 4. The molecule has 1 heterocycles. The van der Waals surface area contributed by atoms with Crippen molar-refractivity contribution >= 4 is 0 Å². The third kappa shape index (κ3) is 3.68. The predicted octanol–water partition coefficient (Wildman–Crippen LogP) is 2.69. The van der Waals surface area contributed by atoms with Gasteiger partial charge in [0.05, 0.1) is 23.5 Å². The molecule has 0 saturated carbocycles. The molecule has 4 heteroatoms. The minimum atomic E-state index is -0.192. The van der Waals surface area contributed by atoms with Gasteiger partial charge in [-0.3, -0.25) is 4.84 Å². The lowest BCUT2D eigenvalue weighted by Crippen LogP contribution is -2.28. The number of benzene rings is 1. The topological polar surface area (TPSA) is 39.1 Å². The van der Waals surface area contributed by atoms with Gasteiger partial charge in [0.2, 0.25) is 0 Å². The van der Waals surface area contributed by atoms with E-state index in [1.54, 1.807) is 0 Å². The number of nitrogens with one attached hydrogen (secondary N) is 1. The van der Waals surface area contributed by atoms with Crippen LogP contribution in [0.3, 0.4) is 0 Å². The molecule has 0 amide bonds. The summed E-state index contributed by atoms with van der Waals surface area (Å²) in [4.78, 5) is 5.45. The largest absolute Gasteiger partial charge is 0.296 e. The first kappa shape index (κ1) is 12.8. The van der Waals surface area contributed by atoms with Crippen LogP contribution in [-0.4, -0.2) is 15.4 Å². The van der Waals surface area contributed by atoms with Crippen LogP contribution in [0.2, 0.25) is 0 Å². The third-order valence-electron chi connectivity index (χ3n) is 2.30. The molecule has 0 aliphatic carbocycles. The highest BCUT2D eigenvalue weighted by Crippen LogP contribution is 2.08.